The van der Waals surface area contributed by atoms with Gasteiger partial charge in [0.15, 0.2) is 5.78 Å². The molecular formula is C25H32N2O3S. The zero-order valence-electron chi connectivity index (χ0n) is 18.8. The van der Waals surface area contributed by atoms with Crippen LogP contribution in [0.4, 0.5) is 0 Å². The third-order valence-electron chi connectivity index (χ3n) is 5.87. The van der Waals surface area contributed by atoms with Crippen molar-refractivity contribution >= 4 is 34.1 Å². The molecule has 0 bridgehead atoms. The van der Waals surface area contributed by atoms with Crippen molar-refractivity contribution in [2.24, 2.45) is 11.8 Å². The largest absolute Gasteiger partial charge is 0.481 e. The molecule has 2 heterocycles. The number of benzene rings is 1. The topological polar surface area (TPSA) is 72.2 Å². The predicted octanol–water partition coefficient (Wildman–Crippen LogP) is 6.37. The maximum absolute atomic E-state index is 12.9. The fourth-order valence-corrected chi connectivity index (χ4v) is 4.93. The van der Waals surface area contributed by atoms with Crippen LogP contribution < -0.4 is 0 Å². The Balaban J connectivity index is 1.96. The number of hydrogen-bond acceptors (Lipinski definition) is 4. The maximum Gasteiger partial charge on any atom is 0.306 e. The Labute approximate surface area is 188 Å². The lowest BCUT2D eigenvalue weighted by molar-refractivity contribution is -0.142. The number of nitrogens with zero attached hydrogens (tertiary/aromatic N) is 2. The van der Waals surface area contributed by atoms with Gasteiger partial charge >= 0.3 is 5.97 Å². The smallest absolute Gasteiger partial charge is 0.306 e. The van der Waals surface area contributed by atoms with E-state index in [1.807, 2.05) is 32.0 Å². The summed E-state index contributed by atoms with van der Waals surface area (Å²) in [6.45, 7) is 8.33. The van der Waals surface area contributed by atoms with Gasteiger partial charge in [0.1, 0.15) is 5.82 Å². The Morgan fingerprint density at radius 1 is 1.16 bits per heavy atom. The molecule has 0 spiro atoms. The van der Waals surface area contributed by atoms with Gasteiger partial charge < -0.3 is 9.67 Å². The van der Waals surface area contributed by atoms with Crippen LogP contribution in [0.15, 0.2) is 35.0 Å². The molecule has 0 amide bonds. The minimum atomic E-state index is -0.904. The van der Waals surface area contributed by atoms with Crippen LogP contribution >= 0.6 is 11.3 Å². The van der Waals surface area contributed by atoms with Gasteiger partial charge in [-0.3, -0.25) is 9.59 Å². The van der Waals surface area contributed by atoms with Crippen LogP contribution in [0.1, 0.15) is 81.2 Å². The van der Waals surface area contributed by atoms with Crippen molar-refractivity contribution < 1.29 is 14.7 Å². The molecule has 2 aromatic heterocycles. The molecule has 3 rings (SSSR count). The summed E-state index contributed by atoms with van der Waals surface area (Å²) in [5.74, 6) is -0.452. The van der Waals surface area contributed by atoms with Gasteiger partial charge in [-0.1, -0.05) is 27.7 Å². The first kappa shape index (κ1) is 23.2. The van der Waals surface area contributed by atoms with Crippen molar-refractivity contribution in [3.8, 4) is 0 Å². The number of aromatic nitrogens is 2. The van der Waals surface area contributed by atoms with Crippen LogP contribution in [0.25, 0.3) is 11.0 Å². The molecule has 0 saturated carbocycles. The fraction of sp³-hybridized carbons (Fsp3) is 0.480. The molecule has 5 nitrogen and oxygen atoms in total. The molecular weight excluding hydrogens is 408 g/mol. The monoisotopic (exact) mass is 440 g/mol. The normalized spacial score (nSPS) is 12.7. The molecule has 1 N–H and O–H groups in total. The van der Waals surface area contributed by atoms with Gasteiger partial charge in [0.05, 0.1) is 17.0 Å². The lowest BCUT2D eigenvalue weighted by Gasteiger charge is -2.19. The van der Waals surface area contributed by atoms with E-state index in [-0.39, 0.29) is 18.1 Å². The summed E-state index contributed by atoms with van der Waals surface area (Å²) in [6.07, 6.45) is 3.29. The minimum Gasteiger partial charge on any atom is -0.481 e. The van der Waals surface area contributed by atoms with E-state index in [0.717, 1.165) is 36.1 Å². The van der Waals surface area contributed by atoms with Crippen LogP contribution in [-0.2, 0) is 11.2 Å². The summed E-state index contributed by atoms with van der Waals surface area (Å²) in [6, 6.07) is 8.11. The Hall–Kier alpha value is -2.47. The summed E-state index contributed by atoms with van der Waals surface area (Å²) >= 11 is 1.68. The summed E-state index contributed by atoms with van der Waals surface area (Å²) in [5, 5.41) is 13.7. The molecule has 1 atom stereocenters. The average Bonchev–Trinajstić information content (AvgIpc) is 3.36. The molecule has 3 aromatic rings. The van der Waals surface area contributed by atoms with E-state index < -0.39 is 11.9 Å². The van der Waals surface area contributed by atoms with E-state index in [9.17, 15) is 14.7 Å². The van der Waals surface area contributed by atoms with Gasteiger partial charge in [-0.15, -0.1) is 0 Å². The molecule has 31 heavy (non-hydrogen) atoms. The average molecular weight is 441 g/mol. The van der Waals surface area contributed by atoms with Gasteiger partial charge in [-0.05, 0) is 65.8 Å². The quantitative estimate of drug-likeness (QED) is 0.352. The van der Waals surface area contributed by atoms with Gasteiger partial charge in [-0.2, -0.15) is 11.3 Å². The van der Waals surface area contributed by atoms with E-state index in [1.54, 1.807) is 11.3 Å². The number of rotatable bonds is 11. The maximum atomic E-state index is 12.9. The van der Waals surface area contributed by atoms with E-state index >= 15 is 0 Å². The lowest BCUT2D eigenvalue weighted by atomic mass is 9.90. The number of hydrogen-bond donors (Lipinski definition) is 1. The van der Waals surface area contributed by atoms with Crippen molar-refractivity contribution in [3.63, 3.8) is 0 Å². The summed E-state index contributed by atoms with van der Waals surface area (Å²) in [5.41, 5.74) is 3.62. The highest BCUT2D eigenvalue weighted by Crippen LogP contribution is 2.29. The second-order valence-electron chi connectivity index (χ2n) is 8.67. The number of ketones is 1. The molecule has 6 heteroatoms. The second-order valence-corrected chi connectivity index (χ2v) is 9.45. The third kappa shape index (κ3) is 5.42. The van der Waals surface area contributed by atoms with Crippen LogP contribution in [0, 0.1) is 11.8 Å². The van der Waals surface area contributed by atoms with Gasteiger partial charge in [-0.25, -0.2) is 4.98 Å². The van der Waals surface area contributed by atoms with E-state index in [2.05, 4.69) is 35.2 Å². The van der Waals surface area contributed by atoms with Gasteiger partial charge in [0, 0.05) is 24.4 Å². The number of carbonyl (C=O) groups is 2. The molecule has 0 aliphatic heterocycles. The predicted molar refractivity (Wildman–Crippen MR) is 126 cm³/mol. The summed E-state index contributed by atoms with van der Waals surface area (Å²) in [7, 11) is 0. The second kappa shape index (κ2) is 10.2. The number of carboxylic acids is 1. The lowest BCUT2D eigenvalue weighted by Crippen LogP contribution is -2.20. The van der Waals surface area contributed by atoms with Crippen molar-refractivity contribution in [1.82, 2.24) is 9.55 Å². The molecule has 0 saturated heterocycles. The molecule has 0 aliphatic rings. The number of Topliss-reactive ketones (excluding diaryl/α,β-unsaturated/α-hetero) is 1. The number of imidazole rings is 1. The van der Waals surface area contributed by atoms with E-state index in [0.29, 0.717) is 18.0 Å². The SMILES string of the molecule is CCC(CC)n1c(Cc2ccsc2)nc2cc(C(=O)C[C@@H](CC(C)C)C(=O)O)ccc21. The van der Waals surface area contributed by atoms with Crippen LogP contribution in [0.5, 0.6) is 0 Å². The number of carbonyl (C=O) groups excluding carboxylic acids is 1. The Morgan fingerprint density at radius 3 is 2.48 bits per heavy atom. The first-order chi connectivity index (χ1) is 14.8. The highest BCUT2D eigenvalue weighted by molar-refractivity contribution is 7.07. The van der Waals surface area contributed by atoms with Crippen molar-refractivity contribution in [2.45, 2.75) is 65.8 Å². The molecule has 1 aromatic carbocycles. The molecule has 0 aliphatic carbocycles. The van der Waals surface area contributed by atoms with Gasteiger partial charge in [0.2, 0.25) is 0 Å². The Kier molecular flexibility index (Phi) is 7.65. The highest BCUT2D eigenvalue weighted by atomic mass is 32.1. The summed E-state index contributed by atoms with van der Waals surface area (Å²) in [4.78, 5) is 29.4. The molecule has 0 fully saturated rings. The first-order valence-corrected chi connectivity index (χ1v) is 12.1. The summed E-state index contributed by atoms with van der Waals surface area (Å²) < 4.78 is 2.32. The first-order valence-electron chi connectivity index (χ1n) is 11.1. The standard InChI is InChI=1S/C25H32N2O3S/c1-5-20(6-2)27-22-8-7-18(23(28)14-19(25(29)30)11-16(3)4)13-21(22)26-24(27)12-17-9-10-31-15-17/h7-10,13,15-16,19-20H,5-6,11-12,14H2,1-4H3,(H,29,30)/t19-/m1/s1. The molecule has 166 valence electrons. The third-order valence-corrected chi connectivity index (χ3v) is 6.60. The fourth-order valence-electron chi connectivity index (χ4n) is 4.27. The zero-order valence-corrected chi connectivity index (χ0v) is 19.6. The van der Waals surface area contributed by atoms with Crippen molar-refractivity contribution in [2.75, 3.05) is 0 Å². The van der Waals surface area contributed by atoms with Crippen LogP contribution in [-0.4, -0.2) is 26.4 Å². The van der Waals surface area contributed by atoms with E-state index in [4.69, 9.17) is 4.98 Å². The van der Waals surface area contributed by atoms with Crippen molar-refractivity contribution in [3.05, 3.63) is 52.0 Å². The Bertz CT molecular complexity index is 1030. The van der Waals surface area contributed by atoms with Gasteiger partial charge in [0.25, 0.3) is 0 Å². The zero-order chi connectivity index (χ0) is 22.5. The highest BCUT2D eigenvalue weighted by Gasteiger charge is 2.24. The van der Waals surface area contributed by atoms with E-state index in [1.165, 1.54) is 5.56 Å². The Morgan fingerprint density at radius 2 is 1.90 bits per heavy atom. The number of thiophene rings is 1. The molecule has 0 radical (unpaired) electrons. The molecule has 0 unspecified atom stereocenters. The number of aliphatic carboxylic acids is 1. The van der Waals surface area contributed by atoms with Crippen LogP contribution in [0.3, 0.4) is 0 Å². The minimum absolute atomic E-state index is 0.0219. The van der Waals surface area contributed by atoms with Crippen LogP contribution in [0.2, 0.25) is 0 Å². The van der Waals surface area contributed by atoms with Crippen molar-refractivity contribution in [1.29, 1.82) is 0 Å². The number of carboxylic acid groups (broad SMARTS) is 1. The number of fused-ring (bicyclic) bond motifs is 1.